The molecule has 2 aliphatic rings. The molecule has 0 atom stereocenters. The molecule has 1 amide bonds. The Morgan fingerprint density at radius 1 is 0.843 bits per heavy atom. The van der Waals surface area contributed by atoms with E-state index in [0.717, 1.165) is 49.0 Å². The fraction of sp³-hybridized carbons (Fsp3) is 0.543. The van der Waals surface area contributed by atoms with Gasteiger partial charge in [0.2, 0.25) is 20.0 Å². The third kappa shape index (κ3) is 11.0. The summed E-state index contributed by atoms with van der Waals surface area (Å²) in [5, 5.41) is 0.868. The van der Waals surface area contributed by atoms with Gasteiger partial charge in [-0.2, -0.15) is 0 Å². The van der Waals surface area contributed by atoms with E-state index in [0.29, 0.717) is 16.9 Å². The highest BCUT2D eigenvalue weighted by Crippen LogP contribution is 2.43. The molecule has 2 aromatic carbocycles. The normalized spacial score (nSPS) is 16.6. The van der Waals surface area contributed by atoms with E-state index in [1.165, 1.54) is 29.5 Å². The molecule has 5 rings (SSSR count). The maximum atomic E-state index is 13.1. The molecule has 6 N–H and O–H groups in total. The molecule has 0 bridgehead atoms. The summed E-state index contributed by atoms with van der Waals surface area (Å²) in [6.45, 7) is 19.6. The van der Waals surface area contributed by atoms with Crippen molar-refractivity contribution in [2.24, 2.45) is 5.41 Å². The number of piperidine rings is 1. The zero-order valence-electron chi connectivity index (χ0n) is 31.0. The number of amides is 1. The van der Waals surface area contributed by atoms with Crippen molar-refractivity contribution in [1.29, 1.82) is 0 Å². The Morgan fingerprint density at radius 2 is 1.41 bits per heavy atom. The molecule has 0 unspecified atom stereocenters. The summed E-state index contributed by atoms with van der Waals surface area (Å²) in [5.74, 6) is 0. The van der Waals surface area contributed by atoms with Crippen LogP contribution in [0.3, 0.4) is 0 Å². The first kappa shape index (κ1) is 40.3. The standard InChI is InChI=1S/C25H37N5O4S2.C10H16N2O2S/c1-23(2,3)28-36(32,33)20-13-17(26)7-8-18(20)19-14-27-21(35-19)29-11-9-25(10-12-29)15-30(16-25)22(31)34-24(4,5)6;1-10(2,3)12-15(13,14)9-6-4-5-8(11)7-9/h7-8,13-14,28H,9-12,15-16,26H2,1-6H3;4-7,12H,11H2,1-3H3. The number of nitrogens with one attached hydrogen (secondary N) is 2. The van der Waals surface area contributed by atoms with Crippen LogP contribution in [0.15, 0.2) is 58.5 Å². The van der Waals surface area contributed by atoms with E-state index in [1.807, 2.05) is 20.8 Å². The van der Waals surface area contributed by atoms with E-state index in [2.05, 4.69) is 19.3 Å². The summed E-state index contributed by atoms with van der Waals surface area (Å²) in [5.41, 5.74) is 11.4. The topological polar surface area (TPSA) is 190 Å². The van der Waals surface area contributed by atoms with E-state index in [9.17, 15) is 21.6 Å². The van der Waals surface area contributed by atoms with Crippen molar-refractivity contribution in [3.05, 3.63) is 48.7 Å². The third-order valence-corrected chi connectivity index (χ3v) is 12.5. The number of nitrogens with two attached hydrogens (primary N) is 2. The van der Waals surface area contributed by atoms with E-state index >= 15 is 0 Å². The summed E-state index contributed by atoms with van der Waals surface area (Å²) >= 11 is 1.48. The highest BCUT2D eigenvalue weighted by Gasteiger charge is 2.48. The van der Waals surface area contributed by atoms with Gasteiger partial charge in [-0.3, -0.25) is 0 Å². The van der Waals surface area contributed by atoms with Crippen LogP contribution >= 0.6 is 11.3 Å². The van der Waals surface area contributed by atoms with Crippen molar-refractivity contribution in [1.82, 2.24) is 19.3 Å². The van der Waals surface area contributed by atoms with Gasteiger partial charge in [-0.1, -0.05) is 23.5 Å². The number of nitrogens with zero attached hydrogens (tertiary/aromatic N) is 3. The number of rotatable bonds is 6. The molecule has 2 fully saturated rings. The van der Waals surface area contributed by atoms with Crippen LogP contribution in [0.25, 0.3) is 10.4 Å². The van der Waals surface area contributed by atoms with Crippen LogP contribution in [0.1, 0.15) is 75.2 Å². The van der Waals surface area contributed by atoms with Gasteiger partial charge in [0.1, 0.15) is 5.60 Å². The first-order valence-electron chi connectivity index (χ1n) is 16.8. The van der Waals surface area contributed by atoms with Gasteiger partial charge in [-0.25, -0.2) is 36.1 Å². The largest absolute Gasteiger partial charge is 0.444 e. The maximum absolute atomic E-state index is 13.1. The lowest BCUT2D eigenvalue weighted by Gasteiger charge is -2.53. The molecule has 0 aliphatic carbocycles. The van der Waals surface area contributed by atoms with Crippen molar-refractivity contribution in [2.75, 3.05) is 42.5 Å². The summed E-state index contributed by atoms with van der Waals surface area (Å²) in [7, 11) is -7.25. The molecular formula is C35H53N7O6S3. The Morgan fingerprint density at radius 3 is 1.96 bits per heavy atom. The van der Waals surface area contributed by atoms with Crippen molar-refractivity contribution in [3.8, 4) is 10.4 Å². The molecule has 2 aliphatic heterocycles. The predicted octanol–water partition coefficient (Wildman–Crippen LogP) is 5.65. The summed E-state index contributed by atoms with van der Waals surface area (Å²) in [6, 6.07) is 11.2. The number of likely N-dealkylation sites (tertiary alicyclic amines) is 1. The van der Waals surface area contributed by atoms with Crippen molar-refractivity contribution >= 4 is 54.0 Å². The molecule has 1 spiro atoms. The van der Waals surface area contributed by atoms with Crippen LogP contribution in [0.5, 0.6) is 0 Å². The van der Waals surface area contributed by atoms with Crippen LogP contribution in [-0.2, 0) is 24.8 Å². The second kappa shape index (κ2) is 14.5. The zero-order chi connectivity index (χ0) is 38.2. The van der Waals surface area contributed by atoms with E-state index < -0.39 is 36.7 Å². The minimum Gasteiger partial charge on any atom is -0.444 e. The molecule has 0 saturated carbocycles. The number of ether oxygens (including phenoxy) is 1. The number of thiazole rings is 1. The number of carbonyl (C=O) groups is 1. The number of benzene rings is 2. The van der Waals surface area contributed by atoms with Gasteiger partial charge >= 0.3 is 6.09 Å². The van der Waals surface area contributed by atoms with Gasteiger partial charge in [0.15, 0.2) is 5.13 Å². The first-order chi connectivity index (χ1) is 23.3. The Kier molecular flexibility index (Phi) is 11.5. The van der Waals surface area contributed by atoms with Gasteiger partial charge in [0.25, 0.3) is 0 Å². The Balaban J connectivity index is 0.000000326. The molecule has 2 saturated heterocycles. The molecule has 282 valence electrons. The minimum absolute atomic E-state index is 0.143. The first-order valence-corrected chi connectivity index (χ1v) is 20.6. The second-order valence-electron chi connectivity index (χ2n) is 16.4. The molecule has 3 aromatic rings. The molecule has 16 heteroatoms. The Bertz CT molecular complexity index is 1930. The average Bonchev–Trinajstić information content (AvgIpc) is 3.43. The van der Waals surface area contributed by atoms with Crippen LogP contribution in [0.4, 0.5) is 21.3 Å². The summed E-state index contributed by atoms with van der Waals surface area (Å²) in [4.78, 5) is 22.1. The number of hydrogen-bond donors (Lipinski definition) is 4. The maximum Gasteiger partial charge on any atom is 0.410 e. The molecule has 51 heavy (non-hydrogen) atoms. The Hall–Kier alpha value is -3.44. The number of anilines is 3. The third-order valence-electron chi connectivity index (χ3n) is 7.90. The fourth-order valence-electron chi connectivity index (χ4n) is 5.81. The second-order valence-corrected chi connectivity index (χ2v) is 20.7. The molecule has 0 radical (unpaired) electrons. The molecule has 13 nitrogen and oxygen atoms in total. The van der Waals surface area contributed by atoms with Gasteiger partial charge in [-0.15, -0.1) is 0 Å². The quantitative estimate of drug-likeness (QED) is 0.228. The van der Waals surface area contributed by atoms with Gasteiger partial charge in [-0.05, 0) is 105 Å². The fourth-order valence-corrected chi connectivity index (χ4v) is 10.0. The predicted molar refractivity (Wildman–Crippen MR) is 205 cm³/mol. The van der Waals surface area contributed by atoms with Gasteiger partial charge in [0.05, 0.1) is 14.7 Å². The lowest BCUT2D eigenvalue weighted by molar-refractivity contribution is -0.0434. The molecule has 1 aromatic heterocycles. The number of carbonyl (C=O) groups excluding carboxylic acids is 1. The van der Waals surface area contributed by atoms with Crippen LogP contribution in [0, 0.1) is 5.41 Å². The van der Waals surface area contributed by atoms with E-state index in [4.69, 9.17) is 16.2 Å². The highest BCUT2D eigenvalue weighted by molar-refractivity contribution is 7.90. The lowest BCUT2D eigenvalue weighted by atomic mass is 9.72. The monoisotopic (exact) mass is 763 g/mol. The molecular weight excluding hydrogens is 711 g/mol. The Labute approximate surface area is 307 Å². The smallest absolute Gasteiger partial charge is 0.410 e. The summed E-state index contributed by atoms with van der Waals surface area (Å²) < 4.78 is 60.7. The zero-order valence-corrected chi connectivity index (χ0v) is 33.5. The lowest BCUT2D eigenvalue weighted by Crippen LogP contribution is -2.62. The van der Waals surface area contributed by atoms with Gasteiger partial charge in [0, 0.05) is 65.8 Å². The number of aromatic nitrogens is 1. The van der Waals surface area contributed by atoms with Crippen LogP contribution < -0.4 is 25.8 Å². The van der Waals surface area contributed by atoms with E-state index in [1.54, 1.807) is 76.9 Å². The minimum atomic E-state index is -3.78. The van der Waals surface area contributed by atoms with Crippen molar-refractivity contribution in [3.63, 3.8) is 0 Å². The summed E-state index contributed by atoms with van der Waals surface area (Å²) in [6.07, 6.45) is 3.44. The van der Waals surface area contributed by atoms with Crippen LogP contribution in [0.2, 0.25) is 0 Å². The SMILES string of the molecule is CC(C)(C)NS(=O)(=O)c1cc(N)ccc1-c1cnc(N2CCC3(CC2)CN(C(=O)OC(C)(C)C)C3)s1.CC(C)(C)NS(=O)(=O)c1cccc(N)c1. The molecule has 3 heterocycles. The average molecular weight is 764 g/mol. The van der Waals surface area contributed by atoms with Crippen molar-refractivity contribution < 1.29 is 26.4 Å². The van der Waals surface area contributed by atoms with Crippen LogP contribution in [-0.4, -0.2) is 75.7 Å². The van der Waals surface area contributed by atoms with Crippen molar-refractivity contribution in [2.45, 2.75) is 102 Å². The number of hydrogen-bond acceptors (Lipinski definition) is 11. The van der Waals surface area contributed by atoms with E-state index in [-0.39, 0.29) is 21.3 Å². The number of sulfonamides is 2. The van der Waals surface area contributed by atoms with Gasteiger partial charge < -0.3 is 26.0 Å². The highest BCUT2D eigenvalue weighted by atomic mass is 32.2. The number of nitrogen functional groups attached to an aromatic ring is 2.